The number of β-amino-alcohol motifs (C(OH)–C–C–N with tert-alkyl or cyclic N) is 2. The number of hydrogen-bond donors (Lipinski definition) is 3. The lowest BCUT2D eigenvalue weighted by Crippen LogP contribution is -2.24. The second-order valence-corrected chi connectivity index (χ2v) is 5.63. The van der Waals surface area contributed by atoms with Crippen LogP contribution in [0.2, 0.25) is 0 Å². The molecular formula is C12H18N4O2S. The van der Waals surface area contributed by atoms with Crippen LogP contribution in [-0.4, -0.2) is 51.4 Å². The molecule has 0 aliphatic carbocycles. The molecule has 7 heteroatoms. The van der Waals surface area contributed by atoms with Crippen LogP contribution in [0.1, 0.15) is 12.6 Å². The summed E-state index contributed by atoms with van der Waals surface area (Å²) in [5.41, 5.74) is 1.08. The lowest BCUT2D eigenvalue weighted by molar-refractivity contribution is 0.0572. The van der Waals surface area contributed by atoms with Gasteiger partial charge in [0.15, 0.2) is 10.8 Å². The zero-order valence-corrected chi connectivity index (χ0v) is 11.6. The minimum atomic E-state index is -0.688. The van der Waals surface area contributed by atoms with Gasteiger partial charge in [-0.05, 0) is 6.54 Å². The van der Waals surface area contributed by atoms with Gasteiger partial charge in [-0.25, -0.2) is 4.98 Å². The highest BCUT2D eigenvalue weighted by molar-refractivity contribution is 7.15. The van der Waals surface area contributed by atoms with Gasteiger partial charge >= 0.3 is 0 Å². The van der Waals surface area contributed by atoms with Crippen LogP contribution < -0.4 is 10.2 Å². The van der Waals surface area contributed by atoms with Crippen molar-refractivity contribution >= 4 is 22.1 Å². The number of hydrogen-bond acceptors (Lipinski definition) is 6. The van der Waals surface area contributed by atoms with Crippen molar-refractivity contribution in [3.05, 3.63) is 17.3 Å². The lowest BCUT2D eigenvalue weighted by Gasteiger charge is -2.16. The van der Waals surface area contributed by atoms with Crippen LogP contribution in [0.15, 0.2) is 11.6 Å². The molecule has 0 amide bonds. The van der Waals surface area contributed by atoms with Crippen molar-refractivity contribution < 1.29 is 10.2 Å². The molecule has 104 valence electrons. The Balaban J connectivity index is 1.95. The van der Waals surface area contributed by atoms with E-state index in [4.69, 9.17) is 0 Å². The quantitative estimate of drug-likeness (QED) is 0.739. The fourth-order valence-corrected chi connectivity index (χ4v) is 3.15. The van der Waals surface area contributed by atoms with Gasteiger partial charge in [-0.1, -0.05) is 6.92 Å². The second-order valence-electron chi connectivity index (χ2n) is 4.76. The fraction of sp³-hybridized carbons (Fsp3) is 0.583. The van der Waals surface area contributed by atoms with E-state index in [9.17, 15) is 10.2 Å². The summed E-state index contributed by atoms with van der Waals surface area (Å²) in [5, 5.41) is 24.7. The molecule has 6 nitrogen and oxygen atoms in total. The molecule has 0 spiro atoms. The summed E-state index contributed by atoms with van der Waals surface area (Å²) in [5.74, 6) is 0.864. The van der Waals surface area contributed by atoms with Crippen molar-refractivity contribution in [2.75, 3.05) is 24.5 Å². The number of aromatic nitrogens is 2. The summed E-state index contributed by atoms with van der Waals surface area (Å²) < 4.78 is 2.07. The van der Waals surface area contributed by atoms with Crippen molar-refractivity contribution in [3.8, 4) is 0 Å². The zero-order valence-electron chi connectivity index (χ0n) is 10.8. The Kier molecular flexibility index (Phi) is 3.44. The third-order valence-electron chi connectivity index (χ3n) is 3.44. The predicted molar refractivity (Wildman–Crippen MR) is 74.7 cm³/mol. The van der Waals surface area contributed by atoms with Crippen LogP contribution in [0, 0.1) is 0 Å². The highest BCUT2D eigenvalue weighted by Crippen LogP contribution is 2.27. The van der Waals surface area contributed by atoms with E-state index in [0.29, 0.717) is 13.1 Å². The third kappa shape index (κ3) is 2.23. The van der Waals surface area contributed by atoms with Gasteiger partial charge < -0.3 is 20.4 Å². The Labute approximate surface area is 115 Å². The molecule has 1 fully saturated rings. The molecule has 2 aromatic heterocycles. The molecule has 2 unspecified atom stereocenters. The molecule has 2 aromatic rings. The minimum absolute atomic E-state index is 0.436. The summed E-state index contributed by atoms with van der Waals surface area (Å²) in [6.45, 7) is 4.56. The van der Waals surface area contributed by atoms with Crippen LogP contribution in [-0.2, 0) is 6.54 Å². The van der Waals surface area contributed by atoms with Crippen LogP contribution in [0.3, 0.4) is 0 Å². The Morgan fingerprint density at radius 1 is 1.42 bits per heavy atom. The van der Waals surface area contributed by atoms with Crippen LogP contribution >= 0.6 is 11.3 Å². The fourth-order valence-electron chi connectivity index (χ4n) is 2.42. The largest absolute Gasteiger partial charge is 0.389 e. The van der Waals surface area contributed by atoms with Crippen LogP contribution in [0.5, 0.6) is 0 Å². The number of anilines is 1. The summed E-state index contributed by atoms with van der Waals surface area (Å²) >= 11 is 1.59. The molecule has 3 heterocycles. The first-order valence-electron chi connectivity index (χ1n) is 6.47. The predicted octanol–water partition coefficient (Wildman–Crippen LogP) is 0.0471. The lowest BCUT2D eigenvalue weighted by atomic mass is 10.3. The molecule has 0 radical (unpaired) electrons. The standard InChI is InChI=1S/C12H18N4O2S/c1-2-13-5-8-11(14-12-16(8)3-4-19-12)15-6-9(17)10(18)7-15/h3-4,9-10,13,17-18H,2,5-7H2,1H3. The highest BCUT2D eigenvalue weighted by Gasteiger charge is 2.32. The van der Waals surface area contributed by atoms with E-state index in [1.807, 2.05) is 16.5 Å². The Hall–Kier alpha value is -1.15. The van der Waals surface area contributed by atoms with Crippen LogP contribution in [0.25, 0.3) is 4.96 Å². The maximum Gasteiger partial charge on any atom is 0.195 e. The van der Waals surface area contributed by atoms with Gasteiger partial charge in [-0.3, -0.25) is 4.40 Å². The minimum Gasteiger partial charge on any atom is -0.389 e. The van der Waals surface area contributed by atoms with E-state index >= 15 is 0 Å². The number of aliphatic hydroxyl groups is 2. The van der Waals surface area contributed by atoms with Crippen LogP contribution in [0.4, 0.5) is 5.82 Å². The molecule has 19 heavy (non-hydrogen) atoms. The molecule has 0 aromatic carbocycles. The first-order chi connectivity index (χ1) is 9.20. The number of nitrogens with one attached hydrogen (secondary N) is 1. The van der Waals surface area contributed by atoms with E-state index in [2.05, 4.69) is 21.6 Å². The Morgan fingerprint density at radius 2 is 2.16 bits per heavy atom. The number of aliphatic hydroxyl groups excluding tert-OH is 2. The molecule has 3 rings (SSSR count). The average Bonchev–Trinajstić information content (AvgIpc) is 3.03. The maximum atomic E-state index is 9.68. The molecule has 1 aliphatic rings. The Morgan fingerprint density at radius 3 is 2.84 bits per heavy atom. The molecule has 1 saturated heterocycles. The third-order valence-corrected chi connectivity index (χ3v) is 4.20. The smallest absolute Gasteiger partial charge is 0.195 e. The van der Waals surface area contributed by atoms with Crippen molar-refractivity contribution in [1.29, 1.82) is 0 Å². The summed E-state index contributed by atoms with van der Waals surface area (Å²) in [7, 11) is 0. The van der Waals surface area contributed by atoms with E-state index in [0.717, 1.165) is 29.6 Å². The molecule has 2 atom stereocenters. The van der Waals surface area contributed by atoms with Gasteiger partial charge in [0.1, 0.15) is 0 Å². The normalized spacial score (nSPS) is 23.6. The molecular weight excluding hydrogens is 264 g/mol. The number of fused-ring (bicyclic) bond motifs is 1. The molecule has 1 aliphatic heterocycles. The topological polar surface area (TPSA) is 73.0 Å². The van der Waals surface area contributed by atoms with E-state index in [1.165, 1.54) is 0 Å². The summed E-state index contributed by atoms with van der Waals surface area (Å²) in [4.78, 5) is 7.53. The first-order valence-corrected chi connectivity index (χ1v) is 7.35. The summed E-state index contributed by atoms with van der Waals surface area (Å²) in [6.07, 6.45) is 0.630. The van der Waals surface area contributed by atoms with Gasteiger partial charge in [-0.2, -0.15) is 0 Å². The van der Waals surface area contributed by atoms with Crippen molar-refractivity contribution in [3.63, 3.8) is 0 Å². The summed E-state index contributed by atoms with van der Waals surface area (Å²) in [6, 6.07) is 0. The van der Waals surface area contributed by atoms with Crippen molar-refractivity contribution in [2.45, 2.75) is 25.7 Å². The molecule has 0 saturated carbocycles. The SMILES string of the molecule is CCNCc1c(N2CC(O)C(O)C2)nc2sccn12. The van der Waals surface area contributed by atoms with Crippen molar-refractivity contribution in [1.82, 2.24) is 14.7 Å². The van der Waals surface area contributed by atoms with Gasteiger partial charge in [0, 0.05) is 31.2 Å². The highest BCUT2D eigenvalue weighted by atomic mass is 32.1. The van der Waals surface area contributed by atoms with E-state index in [1.54, 1.807) is 11.3 Å². The number of rotatable bonds is 4. The van der Waals surface area contributed by atoms with Crippen molar-refractivity contribution in [2.24, 2.45) is 0 Å². The number of thiazole rings is 1. The zero-order chi connectivity index (χ0) is 13.4. The average molecular weight is 282 g/mol. The van der Waals surface area contributed by atoms with Gasteiger partial charge in [0.05, 0.1) is 17.9 Å². The van der Waals surface area contributed by atoms with E-state index < -0.39 is 12.2 Å². The van der Waals surface area contributed by atoms with Gasteiger partial charge in [0.25, 0.3) is 0 Å². The van der Waals surface area contributed by atoms with E-state index in [-0.39, 0.29) is 0 Å². The number of imidazole rings is 1. The monoisotopic (exact) mass is 282 g/mol. The molecule has 0 bridgehead atoms. The van der Waals surface area contributed by atoms with Gasteiger partial charge in [-0.15, -0.1) is 11.3 Å². The van der Waals surface area contributed by atoms with Gasteiger partial charge in [0.2, 0.25) is 0 Å². The second kappa shape index (κ2) is 5.09. The maximum absolute atomic E-state index is 9.68. The molecule has 3 N–H and O–H groups in total. The Bertz CT molecular complexity index is 557. The first kappa shape index (κ1) is 12.9. The number of nitrogens with zero attached hydrogens (tertiary/aromatic N) is 3.